The third-order valence-corrected chi connectivity index (χ3v) is 4.84. The van der Waals surface area contributed by atoms with Gasteiger partial charge in [-0.15, -0.1) is 0 Å². The minimum absolute atomic E-state index is 0.0465. The standard InChI is InChI=1S/C15H9BrN4O5S/c16-8-1-3-11-10(5-8)13-14(19-11)15(21)20(7-17-13)18-6-9-2-4-12(25-9)26(22,23)24/h1-7,19H,(H,22,23,24)/b18-6+. The van der Waals surface area contributed by atoms with E-state index in [0.29, 0.717) is 5.52 Å². The zero-order valence-electron chi connectivity index (χ0n) is 12.7. The van der Waals surface area contributed by atoms with Crippen LogP contribution in [0.2, 0.25) is 0 Å². The molecule has 4 rings (SSSR count). The van der Waals surface area contributed by atoms with Crippen molar-refractivity contribution in [3.8, 4) is 0 Å². The molecule has 2 N–H and O–H groups in total. The molecule has 0 unspecified atom stereocenters. The van der Waals surface area contributed by atoms with Gasteiger partial charge in [-0.05, 0) is 30.3 Å². The molecule has 0 spiro atoms. The Bertz CT molecular complexity index is 1350. The summed E-state index contributed by atoms with van der Waals surface area (Å²) in [6.45, 7) is 0. The number of hydrogen-bond acceptors (Lipinski definition) is 6. The van der Waals surface area contributed by atoms with Crippen LogP contribution in [0.25, 0.3) is 21.9 Å². The van der Waals surface area contributed by atoms with E-state index in [1.165, 1.54) is 12.4 Å². The number of aromatic nitrogens is 3. The first-order valence-electron chi connectivity index (χ1n) is 7.13. The number of rotatable bonds is 3. The number of aromatic amines is 1. The summed E-state index contributed by atoms with van der Waals surface area (Å²) >= 11 is 3.38. The van der Waals surface area contributed by atoms with Crippen molar-refractivity contribution in [3.05, 3.63) is 57.2 Å². The predicted molar refractivity (Wildman–Crippen MR) is 97.1 cm³/mol. The number of nitrogens with zero attached hydrogens (tertiary/aromatic N) is 3. The smallest absolute Gasteiger partial charge is 0.328 e. The molecule has 0 atom stereocenters. The van der Waals surface area contributed by atoms with Crippen molar-refractivity contribution in [3.63, 3.8) is 0 Å². The number of H-pyrrole nitrogens is 1. The first-order chi connectivity index (χ1) is 12.3. The Morgan fingerprint density at radius 1 is 1.31 bits per heavy atom. The lowest BCUT2D eigenvalue weighted by molar-refractivity contribution is 0.404. The van der Waals surface area contributed by atoms with Crippen molar-refractivity contribution in [2.75, 3.05) is 0 Å². The van der Waals surface area contributed by atoms with Gasteiger partial charge in [-0.3, -0.25) is 9.35 Å². The largest absolute Gasteiger partial charge is 0.441 e. The van der Waals surface area contributed by atoms with Crippen LogP contribution in [0.5, 0.6) is 0 Å². The van der Waals surface area contributed by atoms with Gasteiger partial charge in [-0.1, -0.05) is 15.9 Å². The lowest BCUT2D eigenvalue weighted by Gasteiger charge is -1.97. The molecule has 4 aromatic rings. The Labute approximate surface area is 153 Å². The minimum atomic E-state index is -4.44. The monoisotopic (exact) mass is 436 g/mol. The molecule has 3 heterocycles. The molecule has 9 nitrogen and oxygen atoms in total. The summed E-state index contributed by atoms with van der Waals surface area (Å²) in [7, 11) is -4.44. The fourth-order valence-electron chi connectivity index (χ4n) is 2.46. The van der Waals surface area contributed by atoms with Gasteiger partial charge < -0.3 is 9.40 Å². The summed E-state index contributed by atoms with van der Waals surface area (Å²) in [5, 5.41) is 4.11. The highest BCUT2D eigenvalue weighted by molar-refractivity contribution is 9.10. The van der Waals surface area contributed by atoms with E-state index in [9.17, 15) is 13.2 Å². The van der Waals surface area contributed by atoms with E-state index in [2.05, 4.69) is 31.0 Å². The second-order valence-electron chi connectivity index (χ2n) is 5.31. The molecule has 1 aromatic carbocycles. The quantitative estimate of drug-likeness (QED) is 0.374. The van der Waals surface area contributed by atoms with Crippen molar-refractivity contribution in [2.45, 2.75) is 5.09 Å². The first kappa shape index (κ1) is 16.7. The van der Waals surface area contributed by atoms with E-state index in [4.69, 9.17) is 8.97 Å². The van der Waals surface area contributed by atoms with E-state index >= 15 is 0 Å². The number of nitrogens with one attached hydrogen (secondary N) is 1. The van der Waals surface area contributed by atoms with Gasteiger partial charge in [-0.2, -0.15) is 18.2 Å². The molecule has 0 radical (unpaired) electrons. The Kier molecular flexibility index (Phi) is 3.79. The number of hydrogen-bond donors (Lipinski definition) is 2. The van der Waals surface area contributed by atoms with Crippen LogP contribution in [0, 0.1) is 0 Å². The van der Waals surface area contributed by atoms with Crippen LogP contribution in [0.1, 0.15) is 5.76 Å². The zero-order valence-corrected chi connectivity index (χ0v) is 15.2. The number of benzene rings is 1. The molecule has 3 aromatic heterocycles. The highest BCUT2D eigenvalue weighted by Gasteiger charge is 2.14. The highest BCUT2D eigenvalue weighted by atomic mass is 79.9. The molecule has 26 heavy (non-hydrogen) atoms. The maximum absolute atomic E-state index is 12.6. The van der Waals surface area contributed by atoms with Gasteiger partial charge in [0.15, 0.2) is 0 Å². The number of furan rings is 1. The summed E-state index contributed by atoms with van der Waals surface area (Å²) in [5.41, 5.74) is 1.14. The predicted octanol–water partition coefficient (Wildman–Crippen LogP) is 2.36. The van der Waals surface area contributed by atoms with E-state index in [1.54, 1.807) is 0 Å². The van der Waals surface area contributed by atoms with E-state index in [1.807, 2.05) is 18.2 Å². The van der Waals surface area contributed by atoms with Gasteiger partial charge in [-0.25, -0.2) is 4.98 Å². The Morgan fingerprint density at radius 2 is 2.12 bits per heavy atom. The topological polar surface area (TPSA) is 131 Å². The third-order valence-electron chi connectivity index (χ3n) is 3.62. The highest BCUT2D eigenvalue weighted by Crippen LogP contribution is 2.24. The maximum Gasteiger partial charge on any atom is 0.328 e. The molecule has 132 valence electrons. The first-order valence-corrected chi connectivity index (χ1v) is 9.36. The zero-order chi connectivity index (χ0) is 18.5. The molecule has 0 aliphatic carbocycles. The van der Waals surface area contributed by atoms with E-state index in [0.717, 1.165) is 32.3 Å². The molecule has 0 aliphatic heterocycles. The van der Waals surface area contributed by atoms with Crippen molar-refractivity contribution in [1.82, 2.24) is 14.6 Å². The van der Waals surface area contributed by atoms with Crippen molar-refractivity contribution in [1.29, 1.82) is 0 Å². The van der Waals surface area contributed by atoms with Crippen molar-refractivity contribution >= 4 is 54.2 Å². The van der Waals surface area contributed by atoms with Gasteiger partial charge in [0.1, 0.15) is 23.1 Å². The van der Waals surface area contributed by atoms with Crippen LogP contribution in [0.3, 0.4) is 0 Å². The van der Waals surface area contributed by atoms with Gasteiger partial charge in [0, 0.05) is 15.4 Å². The molecule has 0 bridgehead atoms. The van der Waals surface area contributed by atoms with Crippen LogP contribution >= 0.6 is 15.9 Å². The van der Waals surface area contributed by atoms with Gasteiger partial charge in [0.25, 0.3) is 5.56 Å². The van der Waals surface area contributed by atoms with E-state index in [-0.39, 0.29) is 11.3 Å². The molecule has 0 saturated heterocycles. The van der Waals surface area contributed by atoms with Crippen LogP contribution < -0.4 is 5.56 Å². The molecular formula is C15H9BrN4O5S. The second kappa shape index (κ2) is 5.90. The lowest BCUT2D eigenvalue weighted by atomic mass is 10.2. The summed E-state index contributed by atoms with van der Waals surface area (Å²) in [6, 6.07) is 7.90. The molecule has 0 saturated carbocycles. The summed E-state index contributed by atoms with van der Waals surface area (Å²) < 4.78 is 37.6. The summed E-state index contributed by atoms with van der Waals surface area (Å²) in [6.07, 6.45) is 2.39. The summed E-state index contributed by atoms with van der Waals surface area (Å²) in [5.74, 6) is 0.0465. The lowest BCUT2D eigenvalue weighted by Crippen LogP contribution is -2.17. The molecule has 0 fully saturated rings. The van der Waals surface area contributed by atoms with E-state index < -0.39 is 20.8 Å². The second-order valence-corrected chi connectivity index (χ2v) is 7.58. The SMILES string of the molecule is O=c1c2[nH]c3ccc(Br)cc3c2ncn1/N=C/c1ccc(S(=O)(=O)O)o1. The third kappa shape index (κ3) is 2.85. The molecule has 0 amide bonds. The fourth-order valence-corrected chi connectivity index (χ4v) is 3.26. The summed E-state index contributed by atoms with van der Waals surface area (Å²) in [4.78, 5) is 19.8. The Balaban J connectivity index is 1.78. The number of fused-ring (bicyclic) bond motifs is 3. The average molecular weight is 437 g/mol. The van der Waals surface area contributed by atoms with Crippen molar-refractivity contribution < 1.29 is 17.4 Å². The molecular weight excluding hydrogens is 428 g/mol. The molecule has 0 aliphatic rings. The van der Waals surface area contributed by atoms with Gasteiger partial charge >= 0.3 is 10.1 Å². The normalized spacial score (nSPS) is 12.5. The van der Waals surface area contributed by atoms with Crippen LogP contribution in [-0.4, -0.2) is 33.8 Å². The van der Waals surface area contributed by atoms with Gasteiger partial charge in [0.05, 0.1) is 6.21 Å². The fraction of sp³-hybridized carbons (Fsp3) is 0. The molecule has 11 heteroatoms. The number of halogens is 1. The maximum atomic E-state index is 12.6. The van der Waals surface area contributed by atoms with Crippen LogP contribution in [0.4, 0.5) is 0 Å². The average Bonchev–Trinajstić information content (AvgIpc) is 3.19. The minimum Gasteiger partial charge on any atom is -0.441 e. The Morgan fingerprint density at radius 3 is 2.85 bits per heavy atom. The van der Waals surface area contributed by atoms with Crippen LogP contribution in [0.15, 0.2) is 60.5 Å². The van der Waals surface area contributed by atoms with Crippen molar-refractivity contribution in [2.24, 2.45) is 5.10 Å². The van der Waals surface area contributed by atoms with Gasteiger partial charge in [0.2, 0.25) is 5.09 Å². The Hall–Kier alpha value is -2.76. The van der Waals surface area contributed by atoms with Crippen LogP contribution in [-0.2, 0) is 10.1 Å².